The van der Waals surface area contributed by atoms with Gasteiger partial charge >= 0.3 is 5.91 Å². The van der Waals surface area contributed by atoms with Crippen molar-refractivity contribution in [1.82, 2.24) is 4.90 Å². The normalized spacial score (nSPS) is 24.0. The predicted molar refractivity (Wildman–Crippen MR) is 80.9 cm³/mol. The summed E-state index contributed by atoms with van der Waals surface area (Å²) in [6.07, 6.45) is 1.28. The van der Waals surface area contributed by atoms with E-state index in [1.165, 1.54) is 4.90 Å². The van der Waals surface area contributed by atoms with E-state index in [-0.39, 0.29) is 6.10 Å². The fourth-order valence-electron chi connectivity index (χ4n) is 3.33. The number of β-amino-alcohol motifs (C(OH)–C–C–N with tert-alkyl or cyclic N) is 1. The summed E-state index contributed by atoms with van der Waals surface area (Å²) in [5.41, 5.74) is 0.918. The fourth-order valence-corrected chi connectivity index (χ4v) is 3.33. The van der Waals surface area contributed by atoms with Gasteiger partial charge in [-0.05, 0) is 18.9 Å². The van der Waals surface area contributed by atoms with Crippen LogP contribution in [0.4, 0.5) is 5.69 Å². The molecule has 0 radical (unpaired) electrons. The summed E-state index contributed by atoms with van der Waals surface area (Å²) < 4.78 is 11.0. The Balaban J connectivity index is 1.64. The van der Waals surface area contributed by atoms with Crippen molar-refractivity contribution in [2.24, 2.45) is 0 Å². The van der Waals surface area contributed by atoms with Crippen molar-refractivity contribution < 1.29 is 24.2 Å². The number of fused-ring (bicyclic) bond motifs is 2. The molecule has 7 heteroatoms. The van der Waals surface area contributed by atoms with Crippen molar-refractivity contribution in [1.29, 1.82) is 0 Å². The highest BCUT2D eigenvalue weighted by Crippen LogP contribution is 2.40. The number of aliphatic hydroxyl groups excluding tert-OH is 1. The van der Waals surface area contributed by atoms with Gasteiger partial charge in [-0.3, -0.25) is 19.4 Å². The molecule has 0 unspecified atom stereocenters. The van der Waals surface area contributed by atoms with Crippen LogP contribution in [-0.2, 0) is 4.79 Å². The van der Waals surface area contributed by atoms with Gasteiger partial charge in [0.15, 0.2) is 11.5 Å². The number of carbonyl (C=O) groups excluding carboxylic acids is 2. The van der Waals surface area contributed by atoms with Crippen molar-refractivity contribution in [3.63, 3.8) is 0 Å². The number of amides is 1. The third kappa shape index (κ3) is 2.46. The number of anilines is 1. The lowest BCUT2D eigenvalue weighted by atomic mass is 10.1. The van der Waals surface area contributed by atoms with Crippen LogP contribution in [0, 0.1) is 0 Å². The Kier molecular flexibility index (Phi) is 3.46. The molecule has 1 atom stereocenters. The molecule has 23 heavy (non-hydrogen) atoms. The van der Waals surface area contributed by atoms with Gasteiger partial charge in [0, 0.05) is 19.2 Å². The molecule has 0 saturated carbocycles. The molecule has 1 aromatic carbocycles. The SMILES string of the molecule is O=C1C(=O)N(CN2CCC[C@@H](O)C2)c2cc3c(cc21)OCCO3. The fraction of sp³-hybridized carbons (Fsp3) is 0.500. The first-order valence-corrected chi connectivity index (χ1v) is 7.84. The molecular formula is C16H18N2O5. The lowest BCUT2D eigenvalue weighted by molar-refractivity contribution is -0.114. The van der Waals surface area contributed by atoms with Gasteiger partial charge in [-0.1, -0.05) is 0 Å². The molecule has 7 nitrogen and oxygen atoms in total. The number of nitrogens with zero attached hydrogens (tertiary/aromatic N) is 2. The highest BCUT2D eigenvalue weighted by atomic mass is 16.6. The lowest BCUT2D eigenvalue weighted by Crippen LogP contribution is -2.46. The summed E-state index contributed by atoms with van der Waals surface area (Å²) in [4.78, 5) is 28.0. The summed E-state index contributed by atoms with van der Waals surface area (Å²) >= 11 is 0. The van der Waals surface area contributed by atoms with Crippen LogP contribution in [0.3, 0.4) is 0 Å². The van der Waals surface area contributed by atoms with Crippen LogP contribution < -0.4 is 14.4 Å². The van der Waals surface area contributed by atoms with Gasteiger partial charge in [0.05, 0.1) is 24.0 Å². The lowest BCUT2D eigenvalue weighted by Gasteiger charge is -2.33. The minimum Gasteiger partial charge on any atom is -0.486 e. The zero-order chi connectivity index (χ0) is 16.0. The molecule has 1 saturated heterocycles. The largest absolute Gasteiger partial charge is 0.486 e. The summed E-state index contributed by atoms with van der Waals surface area (Å²) in [7, 11) is 0. The Hall–Kier alpha value is -2.12. The minimum atomic E-state index is -0.539. The molecule has 0 aromatic heterocycles. The van der Waals surface area contributed by atoms with Crippen LogP contribution in [0.5, 0.6) is 11.5 Å². The molecule has 3 aliphatic rings. The molecule has 1 N–H and O–H groups in total. The third-order valence-corrected chi connectivity index (χ3v) is 4.46. The van der Waals surface area contributed by atoms with Crippen LogP contribution in [0.15, 0.2) is 12.1 Å². The molecule has 0 bridgehead atoms. The van der Waals surface area contributed by atoms with Gasteiger partial charge in [-0.2, -0.15) is 0 Å². The standard InChI is InChI=1S/C16H18N2O5/c19-10-2-1-3-17(8-10)9-18-12-7-14-13(22-4-5-23-14)6-11(12)15(20)16(18)21/h6-7,10,19H,1-5,8-9H2/t10-/m1/s1. The maximum atomic E-state index is 12.3. The second-order valence-electron chi connectivity index (χ2n) is 6.09. The zero-order valence-electron chi connectivity index (χ0n) is 12.7. The van der Waals surface area contributed by atoms with E-state index in [9.17, 15) is 14.7 Å². The van der Waals surface area contributed by atoms with Crippen molar-refractivity contribution in [2.45, 2.75) is 18.9 Å². The van der Waals surface area contributed by atoms with Gasteiger partial charge in [-0.25, -0.2) is 0 Å². The topological polar surface area (TPSA) is 79.3 Å². The molecule has 1 amide bonds. The van der Waals surface area contributed by atoms with E-state index < -0.39 is 11.7 Å². The van der Waals surface area contributed by atoms with E-state index in [1.54, 1.807) is 12.1 Å². The first-order valence-electron chi connectivity index (χ1n) is 7.84. The average molecular weight is 318 g/mol. The number of ether oxygens (including phenoxy) is 2. The van der Waals surface area contributed by atoms with Crippen LogP contribution in [-0.4, -0.2) is 60.8 Å². The number of aliphatic hydroxyl groups is 1. The molecule has 4 rings (SSSR count). The third-order valence-electron chi connectivity index (χ3n) is 4.46. The molecule has 1 aromatic rings. The predicted octanol–water partition coefficient (Wildman–Crippen LogP) is 0.401. The van der Waals surface area contributed by atoms with Gasteiger partial charge in [0.2, 0.25) is 0 Å². The smallest absolute Gasteiger partial charge is 0.300 e. The highest BCUT2D eigenvalue weighted by molar-refractivity contribution is 6.52. The molecular weight excluding hydrogens is 300 g/mol. The van der Waals surface area contributed by atoms with Crippen LogP contribution >= 0.6 is 0 Å². The number of hydrogen-bond donors (Lipinski definition) is 1. The maximum absolute atomic E-state index is 12.3. The Morgan fingerprint density at radius 2 is 1.91 bits per heavy atom. The van der Waals surface area contributed by atoms with Gasteiger partial charge in [0.1, 0.15) is 13.2 Å². The summed E-state index contributed by atoms with van der Waals surface area (Å²) in [5.74, 6) is 0.00418. The molecule has 0 spiro atoms. The average Bonchev–Trinajstić information content (AvgIpc) is 2.78. The number of hydrogen-bond acceptors (Lipinski definition) is 6. The number of ketones is 1. The quantitative estimate of drug-likeness (QED) is 0.795. The van der Waals surface area contributed by atoms with Crippen molar-refractivity contribution in [2.75, 3.05) is 37.9 Å². The Bertz CT molecular complexity index is 675. The van der Waals surface area contributed by atoms with E-state index in [2.05, 4.69) is 0 Å². The van der Waals surface area contributed by atoms with Gasteiger partial charge in [0.25, 0.3) is 5.78 Å². The first-order chi connectivity index (χ1) is 11.1. The van der Waals surface area contributed by atoms with Crippen LogP contribution in [0.2, 0.25) is 0 Å². The number of rotatable bonds is 2. The number of Topliss-reactive ketones (excluding diaryl/α,β-unsaturated/α-hetero) is 1. The Morgan fingerprint density at radius 1 is 1.17 bits per heavy atom. The second kappa shape index (κ2) is 5.50. The van der Waals surface area contributed by atoms with Crippen molar-refractivity contribution in [3.8, 4) is 11.5 Å². The van der Waals surface area contributed by atoms with E-state index in [0.717, 1.165) is 19.4 Å². The second-order valence-corrected chi connectivity index (χ2v) is 6.09. The molecule has 3 aliphatic heterocycles. The Morgan fingerprint density at radius 3 is 2.65 bits per heavy atom. The van der Waals surface area contributed by atoms with Crippen LogP contribution in [0.1, 0.15) is 23.2 Å². The number of piperidine rings is 1. The number of carbonyl (C=O) groups is 2. The van der Waals surface area contributed by atoms with E-state index in [1.807, 2.05) is 4.90 Å². The first kappa shape index (κ1) is 14.5. The van der Waals surface area contributed by atoms with Gasteiger partial charge in [-0.15, -0.1) is 0 Å². The van der Waals surface area contributed by atoms with Crippen LogP contribution in [0.25, 0.3) is 0 Å². The Labute approximate surface area is 133 Å². The van der Waals surface area contributed by atoms with Crippen molar-refractivity contribution >= 4 is 17.4 Å². The van der Waals surface area contributed by atoms with E-state index >= 15 is 0 Å². The van der Waals surface area contributed by atoms with Crippen molar-refractivity contribution in [3.05, 3.63) is 17.7 Å². The molecule has 1 fully saturated rings. The van der Waals surface area contributed by atoms with Gasteiger partial charge < -0.3 is 14.6 Å². The molecule has 122 valence electrons. The monoisotopic (exact) mass is 318 g/mol. The number of benzene rings is 1. The maximum Gasteiger partial charge on any atom is 0.300 e. The summed E-state index contributed by atoms with van der Waals surface area (Å²) in [6, 6.07) is 3.29. The number of likely N-dealkylation sites (tertiary alicyclic amines) is 1. The van der Waals surface area contributed by atoms with E-state index in [0.29, 0.717) is 49.2 Å². The molecule has 0 aliphatic carbocycles. The minimum absolute atomic E-state index is 0.300. The molecule has 3 heterocycles. The summed E-state index contributed by atoms with van der Waals surface area (Å²) in [6.45, 7) is 2.50. The zero-order valence-corrected chi connectivity index (χ0v) is 12.7. The summed E-state index contributed by atoms with van der Waals surface area (Å²) in [5, 5.41) is 9.78. The van der Waals surface area contributed by atoms with E-state index in [4.69, 9.17) is 9.47 Å². The highest BCUT2D eigenvalue weighted by Gasteiger charge is 2.38.